The molecule has 1 fully saturated rings. The van der Waals surface area contributed by atoms with Gasteiger partial charge in [0.15, 0.2) is 0 Å². The maximum absolute atomic E-state index is 11.8. The van der Waals surface area contributed by atoms with E-state index in [0.29, 0.717) is 9.13 Å². The fourth-order valence-corrected chi connectivity index (χ4v) is 15.0. The number of fused-ring (bicyclic) bond motifs is 18. The van der Waals surface area contributed by atoms with Gasteiger partial charge in [-0.15, -0.1) is 0 Å². The summed E-state index contributed by atoms with van der Waals surface area (Å²) >= 11 is 8.64. The van der Waals surface area contributed by atoms with Gasteiger partial charge in [0.05, 0.1) is 30.2 Å². The second-order valence-electron chi connectivity index (χ2n) is 24.2. The van der Waals surface area contributed by atoms with Crippen LogP contribution in [0.2, 0.25) is 0 Å². The third kappa shape index (κ3) is 9.05. The lowest BCUT2D eigenvalue weighted by atomic mass is 9.74. The van der Waals surface area contributed by atoms with E-state index >= 15 is 0 Å². The minimum atomic E-state index is -0.395. The van der Waals surface area contributed by atoms with Crippen LogP contribution in [-0.2, 0) is 20.1 Å². The molecule has 1 saturated heterocycles. The Hall–Kier alpha value is -7.33. The van der Waals surface area contributed by atoms with Crippen molar-refractivity contribution in [1.29, 1.82) is 0 Å². The third-order valence-corrected chi connectivity index (χ3v) is 20.1. The minimum absolute atomic E-state index is 0.111. The molecule has 0 aromatic heterocycles. The van der Waals surface area contributed by atoms with Crippen molar-refractivity contribution in [2.75, 3.05) is 0 Å². The van der Waals surface area contributed by atoms with Gasteiger partial charge in [0, 0.05) is 31.9 Å². The molecule has 15 rings (SSSR count). The SMILES string of the molecule is CC1(C)c2cc(-c3cc(Br)ccc3[N+](=O)[O-])ccc2-c2cc3c4ccccc4c4ccccc4c3cc21.CC1(C)c2cc(B3OC(C)(C)C(C)(C)O3)ccc2-c2cc3c4ccccc4c4ccccc4c3cc21.O=[N+]([O-])c1ccc(Br)cc1I. The molecule has 0 unspecified atom stereocenters. The molecule has 414 valence electrons. The van der Waals surface area contributed by atoms with Gasteiger partial charge in [-0.05, 0) is 225 Å². The summed E-state index contributed by atoms with van der Waals surface area (Å²) in [5.41, 5.74) is 12.0. The average molecular weight is 1340 g/mol. The quantitative estimate of drug-likeness (QED) is 0.0571. The van der Waals surface area contributed by atoms with E-state index in [-0.39, 0.29) is 45.4 Å². The molecular formula is C72H56BBr2IN2O6. The first-order chi connectivity index (χ1) is 40.0. The van der Waals surface area contributed by atoms with Crippen molar-refractivity contribution in [2.24, 2.45) is 0 Å². The third-order valence-electron chi connectivity index (χ3n) is 18.2. The number of nitrogens with zero attached hydrogens (tertiary/aromatic N) is 2. The van der Waals surface area contributed by atoms with Gasteiger partial charge in [0.25, 0.3) is 11.4 Å². The topological polar surface area (TPSA) is 105 Å². The molecular weight excluding hydrogens is 1290 g/mol. The lowest BCUT2D eigenvalue weighted by molar-refractivity contribution is -0.385. The Labute approximate surface area is 518 Å². The van der Waals surface area contributed by atoms with Crippen molar-refractivity contribution >= 4 is 143 Å². The summed E-state index contributed by atoms with van der Waals surface area (Å²) in [6, 6.07) is 67.6. The summed E-state index contributed by atoms with van der Waals surface area (Å²) in [7, 11) is -0.355. The Morgan fingerprint density at radius 3 is 1.15 bits per heavy atom. The smallest absolute Gasteiger partial charge is 0.399 e. The Morgan fingerprint density at radius 2 is 0.738 bits per heavy atom. The van der Waals surface area contributed by atoms with E-state index in [9.17, 15) is 20.2 Å². The van der Waals surface area contributed by atoms with Crippen molar-refractivity contribution in [1.82, 2.24) is 0 Å². The van der Waals surface area contributed by atoms with Crippen molar-refractivity contribution < 1.29 is 19.2 Å². The molecule has 3 aliphatic rings. The van der Waals surface area contributed by atoms with Crippen LogP contribution in [0, 0.1) is 23.8 Å². The Bertz CT molecular complexity index is 4810. The zero-order chi connectivity index (χ0) is 58.9. The molecule has 0 bridgehead atoms. The van der Waals surface area contributed by atoms with Crippen LogP contribution in [-0.4, -0.2) is 28.2 Å². The van der Waals surface area contributed by atoms with Crippen molar-refractivity contribution in [2.45, 2.75) is 77.4 Å². The predicted molar refractivity (Wildman–Crippen MR) is 362 cm³/mol. The number of halogens is 3. The van der Waals surface area contributed by atoms with Gasteiger partial charge in [-0.3, -0.25) is 20.2 Å². The second kappa shape index (κ2) is 20.4. The summed E-state index contributed by atoms with van der Waals surface area (Å²) in [6.07, 6.45) is 0. The maximum Gasteiger partial charge on any atom is 0.494 e. The van der Waals surface area contributed by atoms with Crippen LogP contribution in [0.3, 0.4) is 0 Å². The number of nitro groups is 2. The Balaban J connectivity index is 0.000000133. The molecule has 0 N–H and O–H groups in total. The number of benzene rings is 12. The molecule has 1 aliphatic heterocycles. The van der Waals surface area contributed by atoms with Crippen molar-refractivity contribution in [3.8, 4) is 33.4 Å². The van der Waals surface area contributed by atoms with Gasteiger partial charge >= 0.3 is 7.12 Å². The highest BCUT2D eigenvalue weighted by Crippen LogP contribution is 2.54. The standard InChI is InChI=1S/C33H31BO2.C33H22BrNO2.C6H3BrINO2/c1-31(2)29-17-20(34-35-32(3,4)33(5,6)36-34)15-16-25(29)28-18-26-23-13-9-7-11-21(23)22-12-8-10-14-24(22)27(26)19-30(28)31;1-33(2)30-15-19(26-16-20(34)12-14-32(26)35(36)37)11-13-25(30)29-17-27-23-9-5-3-7-21(23)22-8-4-6-10-24(22)28(27)18-31(29)33;7-4-1-2-6(9(10)11)5(8)3-4/h7-19H,1-6H3;3-18H,1-2H3;1-3H. The number of hydrogen-bond acceptors (Lipinski definition) is 6. The van der Waals surface area contributed by atoms with E-state index in [1.165, 1.54) is 115 Å². The first-order valence-electron chi connectivity index (χ1n) is 28.0. The number of nitro benzene ring substituents is 2. The van der Waals surface area contributed by atoms with Gasteiger partial charge < -0.3 is 9.31 Å². The summed E-state index contributed by atoms with van der Waals surface area (Å²) in [5.74, 6) is 0. The largest absolute Gasteiger partial charge is 0.494 e. The fraction of sp³-hybridized carbons (Fsp3) is 0.167. The van der Waals surface area contributed by atoms with E-state index in [4.69, 9.17) is 9.31 Å². The van der Waals surface area contributed by atoms with Crippen LogP contribution in [0.4, 0.5) is 11.4 Å². The first kappa shape index (κ1) is 55.8. The van der Waals surface area contributed by atoms with Gasteiger partial charge in [0.2, 0.25) is 0 Å². The van der Waals surface area contributed by atoms with E-state index in [2.05, 4.69) is 239 Å². The summed E-state index contributed by atoms with van der Waals surface area (Å²) in [4.78, 5) is 21.4. The summed E-state index contributed by atoms with van der Waals surface area (Å²) < 4.78 is 15.1. The van der Waals surface area contributed by atoms with Crippen LogP contribution in [0.25, 0.3) is 98.0 Å². The predicted octanol–water partition coefficient (Wildman–Crippen LogP) is 20.5. The Kier molecular flexibility index (Phi) is 13.6. The van der Waals surface area contributed by atoms with Crippen LogP contribution < -0.4 is 5.46 Å². The monoisotopic (exact) mass is 1340 g/mol. The fourth-order valence-electron chi connectivity index (χ4n) is 13.1. The van der Waals surface area contributed by atoms with Crippen molar-refractivity contribution in [3.63, 3.8) is 0 Å². The molecule has 84 heavy (non-hydrogen) atoms. The van der Waals surface area contributed by atoms with E-state index in [1.807, 2.05) is 34.7 Å². The normalized spacial score (nSPS) is 15.5. The Morgan fingerprint density at radius 1 is 0.381 bits per heavy atom. The molecule has 0 saturated carbocycles. The van der Waals surface area contributed by atoms with Gasteiger partial charge in [-0.1, -0.05) is 187 Å². The molecule has 12 aromatic rings. The van der Waals surface area contributed by atoms with Gasteiger partial charge in [-0.25, -0.2) is 0 Å². The minimum Gasteiger partial charge on any atom is -0.399 e. The molecule has 2 aliphatic carbocycles. The van der Waals surface area contributed by atoms with Crippen LogP contribution in [0.1, 0.15) is 77.6 Å². The molecule has 0 amide bonds. The molecule has 12 aromatic carbocycles. The highest BCUT2D eigenvalue weighted by Gasteiger charge is 2.52. The molecule has 8 nitrogen and oxygen atoms in total. The average Bonchev–Trinajstić information content (AvgIpc) is 3.30. The molecule has 0 atom stereocenters. The molecule has 1 heterocycles. The van der Waals surface area contributed by atoms with Crippen LogP contribution in [0.5, 0.6) is 0 Å². The molecule has 0 spiro atoms. The molecule has 12 heteroatoms. The van der Waals surface area contributed by atoms with E-state index in [1.54, 1.807) is 24.3 Å². The first-order valence-corrected chi connectivity index (χ1v) is 30.6. The van der Waals surface area contributed by atoms with Crippen molar-refractivity contribution in [3.05, 3.63) is 249 Å². The zero-order valence-electron chi connectivity index (χ0n) is 47.5. The van der Waals surface area contributed by atoms with E-state index < -0.39 is 4.92 Å². The number of hydrogen-bond donors (Lipinski definition) is 0. The van der Waals surface area contributed by atoms with Gasteiger partial charge in [0.1, 0.15) is 0 Å². The maximum atomic E-state index is 11.8. The summed E-state index contributed by atoms with van der Waals surface area (Å²) in [5, 5.41) is 37.6. The highest BCUT2D eigenvalue weighted by atomic mass is 127. The number of rotatable bonds is 4. The van der Waals surface area contributed by atoms with E-state index in [0.717, 1.165) is 20.0 Å². The van der Waals surface area contributed by atoms with Crippen LogP contribution >= 0.6 is 54.5 Å². The zero-order valence-corrected chi connectivity index (χ0v) is 52.9. The summed E-state index contributed by atoms with van der Waals surface area (Å²) in [6.45, 7) is 17.7. The lowest BCUT2D eigenvalue weighted by Gasteiger charge is -2.32. The lowest BCUT2D eigenvalue weighted by Crippen LogP contribution is -2.41. The second-order valence-corrected chi connectivity index (χ2v) is 27.2. The van der Waals surface area contributed by atoms with Crippen LogP contribution in [0.15, 0.2) is 203 Å². The van der Waals surface area contributed by atoms with Gasteiger partial charge in [-0.2, -0.15) is 0 Å². The highest BCUT2D eigenvalue weighted by molar-refractivity contribution is 14.1. The molecule has 0 radical (unpaired) electrons.